The molecule has 1 aromatic rings. The molecule has 23 heavy (non-hydrogen) atoms. The summed E-state index contributed by atoms with van der Waals surface area (Å²) in [5.74, 6) is -0.331. The lowest BCUT2D eigenvalue weighted by atomic mass is 10.1. The molecule has 1 aromatic carbocycles. The predicted molar refractivity (Wildman–Crippen MR) is 92.1 cm³/mol. The second-order valence-corrected chi connectivity index (χ2v) is 7.54. The van der Waals surface area contributed by atoms with Crippen LogP contribution in [-0.2, 0) is 19.6 Å². The molecule has 0 spiro atoms. The van der Waals surface area contributed by atoms with Crippen LogP contribution in [0.5, 0.6) is 0 Å². The first-order valence-corrected chi connectivity index (χ1v) is 9.40. The minimum atomic E-state index is -3.59. The maximum Gasteiger partial charge on any atom is 0.244 e. The third-order valence-corrected chi connectivity index (χ3v) is 4.60. The summed E-state index contributed by atoms with van der Waals surface area (Å²) < 4.78 is 30.7. The number of anilines is 1. The average Bonchev–Trinajstić information content (AvgIpc) is 2.44. The second kappa shape index (κ2) is 8.31. The summed E-state index contributed by atoms with van der Waals surface area (Å²) >= 11 is 0. The first-order chi connectivity index (χ1) is 10.7. The summed E-state index contributed by atoms with van der Waals surface area (Å²) in [7, 11) is -2.04. The van der Waals surface area contributed by atoms with E-state index < -0.39 is 16.1 Å². The van der Waals surface area contributed by atoms with Crippen molar-refractivity contribution in [1.82, 2.24) is 5.32 Å². The van der Waals surface area contributed by atoms with Gasteiger partial charge >= 0.3 is 0 Å². The Morgan fingerprint density at radius 1 is 1.30 bits per heavy atom. The van der Waals surface area contributed by atoms with Gasteiger partial charge in [-0.15, -0.1) is 0 Å². The fourth-order valence-corrected chi connectivity index (χ4v) is 3.59. The standard InChI is InChI=1S/C16H26N2O4S/c1-6-15(16(19)17-13(3)11-22-4)18(23(5,20)21)14-9-7-12(2)8-10-14/h7-10,13,15H,6,11H2,1-5H3,(H,17,19)/t13-,15+/m0/s1. The average molecular weight is 342 g/mol. The second-order valence-electron chi connectivity index (χ2n) is 5.68. The largest absolute Gasteiger partial charge is 0.383 e. The summed E-state index contributed by atoms with van der Waals surface area (Å²) in [4.78, 5) is 12.5. The molecule has 130 valence electrons. The fraction of sp³-hybridized carbons (Fsp3) is 0.562. The van der Waals surface area contributed by atoms with Gasteiger partial charge < -0.3 is 10.1 Å². The number of ether oxygens (including phenoxy) is 1. The van der Waals surface area contributed by atoms with E-state index in [9.17, 15) is 13.2 Å². The minimum Gasteiger partial charge on any atom is -0.383 e. The van der Waals surface area contributed by atoms with Crippen LogP contribution < -0.4 is 9.62 Å². The van der Waals surface area contributed by atoms with Crippen LogP contribution >= 0.6 is 0 Å². The molecule has 0 heterocycles. The molecule has 2 atom stereocenters. The number of nitrogens with zero attached hydrogens (tertiary/aromatic N) is 1. The van der Waals surface area contributed by atoms with Crippen LogP contribution in [0, 0.1) is 6.92 Å². The quantitative estimate of drug-likeness (QED) is 0.780. The van der Waals surface area contributed by atoms with Gasteiger partial charge in [-0.25, -0.2) is 8.42 Å². The Bertz CT molecular complexity index is 613. The van der Waals surface area contributed by atoms with Crippen molar-refractivity contribution in [1.29, 1.82) is 0 Å². The molecule has 1 N–H and O–H groups in total. The highest BCUT2D eigenvalue weighted by atomic mass is 32.2. The number of carbonyl (C=O) groups excluding carboxylic acids is 1. The van der Waals surface area contributed by atoms with Crippen LogP contribution in [-0.4, -0.2) is 46.4 Å². The number of hydrogen-bond donors (Lipinski definition) is 1. The van der Waals surface area contributed by atoms with Gasteiger partial charge in [0.15, 0.2) is 0 Å². The molecule has 7 heteroatoms. The van der Waals surface area contributed by atoms with Crippen molar-refractivity contribution in [3.8, 4) is 0 Å². The molecule has 0 bridgehead atoms. The number of benzene rings is 1. The van der Waals surface area contributed by atoms with Crippen LogP contribution in [0.1, 0.15) is 25.8 Å². The smallest absolute Gasteiger partial charge is 0.244 e. The summed E-state index contributed by atoms with van der Waals surface area (Å²) in [6, 6.07) is 6.08. The summed E-state index contributed by atoms with van der Waals surface area (Å²) in [5.41, 5.74) is 1.51. The predicted octanol–water partition coefficient (Wildman–Crippen LogP) is 1.69. The molecular formula is C16H26N2O4S. The van der Waals surface area contributed by atoms with Crippen LogP contribution in [0.25, 0.3) is 0 Å². The van der Waals surface area contributed by atoms with Crippen molar-refractivity contribution in [2.24, 2.45) is 0 Å². The fourth-order valence-electron chi connectivity index (χ4n) is 2.38. The van der Waals surface area contributed by atoms with Crippen LogP contribution in [0.3, 0.4) is 0 Å². The number of sulfonamides is 1. The Morgan fingerprint density at radius 2 is 1.87 bits per heavy atom. The van der Waals surface area contributed by atoms with Gasteiger partial charge in [-0.1, -0.05) is 24.6 Å². The van der Waals surface area contributed by atoms with E-state index >= 15 is 0 Å². The van der Waals surface area contributed by atoms with Crippen molar-refractivity contribution < 1.29 is 17.9 Å². The molecule has 6 nitrogen and oxygen atoms in total. The number of hydrogen-bond acceptors (Lipinski definition) is 4. The molecule has 1 rings (SSSR count). The summed E-state index contributed by atoms with van der Waals surface area (Å²) in [6.45, 7) is 5.89. The highest BCUT2D eigenvalue weighted by Gasteiger charge is 2.31. The minimum absolute atomic E-state index is 0.194. The number of carbonyl (C=O) groups is 1. The van der Waals surface area contributed by atoms with Crippen LogP contribution in [0.2, 0.25) is 0 Å². The Kier molecular flexibility index (Phi) is 7.02. The number of nitrogens with one attached hydrogen (secondary N) is 1. The van der Waals surface area contributed by atoms with Gasteiger partial charge in [0.25, 0.3) is 0 Å². The number of amides is 1. The summed E-state index contributed by atoms with van der Waals surface area (Å²) in [5, 5.41) is 2.80. The highest BCUT2D eigenvalue weighted by Crippen LogP contribution is 2.23. The van der Waals surface area contributed by atoms with Crippen molar-refractivity contribution in [2.75, 3.05) is 24.3 Å². The van der Waals surface area contributed by atoms with Gasteiger partial charge in [0.1, 0.15) is 6.04 Å². The SMILES string of the molecule is CC[C@H](C(=O)N[C@@H](C)COC)N(c1ccc(C)cc1)S(C)(=O)=O. The molecule has 0 fully saturated rings. The van der Waals surface area contributed by atoms with E-state index in [-0.39, 0.29) is 11.9 Å². The number of methoxy groups -OCH3 is 1. The Labute approximate surface area is 138 Å². The molecule has 1 amide bonds. The maximum atomic E-state index is 12.5. The molecular weight excluding hydrogens is 316 g/mol. The lowest BCUT2D eigenvalue weighted by Gasteiger charge is -2.31. The van der Waals surface area contributed by atoms with Crippen molar-refractivity contribution in [3.63, 3.8) is 0 Å². The first-order valence-electron chi connectivity index (χ1n) is 7.56. The number of rotatable bonds is 8. The Balaban J connectivity index is 3.13. The number of aryl methyl sites for hydroxylation is 1. The van der Waals surface area contributed by atoms with E-state index in [0.717, 1.165) is 11.8 Å². The van der Waals surface area contributed by atoms with Crippen LogP contribution in [0.4, 0.5) is 5.69 Å². The van der Waals surface area contributed by atoms with Gasteiger partial charge in [-0.05, 0) is 32.4 Å². The van der Waals surface area contributed by atoms with E-state index in [1.54, 1.807) is 26.2 Å². The van der Waals surface area contributed by atoms with Crippen molar-refractivity contribution in [3.05, 3.63) is 29.8 Å². The van der Waals surface area contributed by atoms with E-state index in [4.69, 9.17) is 4.74 Å². The van der Waals surface area contributed by atoms with E-state index in [0.29, 0.717) is 18.7 Å². The third kappa shape index (κ3) is 5.51. The van der Waals surface area contributed by atoms with E-state index in [1.165, 1.54) is 4.31 Å². The van der Waals surface area contributed by atoms with Crippen molar-refractivity contribution in [2.45, 2.75) is 39.3 Å². The van der Waals surface area contributed by atoms with Crippen molar-refractivity contribution >= 4 is 21.6 Å². The van der Waals surface area contributed by atoms with Gasteiger partial charge in [-0.2, -0.15) is 0 Å². The van der Waals surface area contributed by atoms with Gasteiger partial charge in [0, 0.05) is 13.2 Å². The molecule has 0 aromatic heterocycles. The normalized spacial score (nSPS) is 14.1. The maximum absolute atomic E-state index is 12.5. The highest BCUT2D eigenvalue weighted by molar-refractivity contribution is 7.92. The molecule has 0 radical (unpaired) electrons. The monoisotopic (exact) mass is 342 g/mol. The van der Waals surface area contributed by atoms with Gasteiger partial charge in [0.2, 0.25) is 15.9 Å². The lowest BCUT2D eigenvalue weighted by Crippen LogP contribution is -2.51. The molecule has 0 unspecified atom stereocenters. The first kappa shape index (κ1) is 19.4. The van der Waals surface area contributed by atoms with Crippen LogP contribution in [0.15, 0.2) is 24.3 Å². The van der Waals surface area contributed by atoms with Gasteiger partial charge in [-0.3, -0.25) is 9.10 Å². The van der Waals surface area contributed by atoms with E-state index in [1.807, 2.05) is 26.0 Å². The zero-order valence-electron chi connectivity index (χ0n) is 14.4. The zero-order valence-corrected chi connectivity index (χ0v) is 15.2. The Hall–Kier alpha value is -1.60. The summed E-state index contributed by atoms with van der Waals surface area (Å²) in [6.07, 6.45) is 1.48. The molecule has 0 saturated carbocycles. The van der Waals surface area contributed by atoms with E-state index in [2.05, 4.69) is 5.32 Å². The topological polar surface area (TPSA) is 75.7 Å². The molecule has 0 saturated heterocycles. The lowest BCUT2D eigenvalue weighted by molar-refractivity contribution is -0.123. The molecule has 0 aliphatic rings. The molecule has 0 aliphatic carbocycles. The Morgan fingerprint density at radius 3 is 2.30 bits per heavy atom. The zero-order chi connectivity index (χ0) is 17.6. The van der Waals surface area contributed by atoms with Gasteiger partial charge in [0.05, 0.1) is 18.6 Å². The molecule has 0 aliphatic heterocycles. The third-order valence-electron chi connectivity index (χ3n) is 3.42.